The van der Waals surface area contributed by atoms with E-state index in [0.29, 0.717) is 11.8 Å². The smallest absolute Gasteiger partial charge is 0.243 e. The first-order chi connectivity index (χ1) is 7.68. The number of nitrogens with two attached hydrogens (primary N) is 1. The van der Waals surface area contributed by atoms with E-state index in [4.69, 9.17) is 15.0 Å². The van der Waals surface area contributed by atoms with Crippen LogP contribution in [0.5, 0.6) is 0 Å². The Morgan fingerprint density at radius 3 is 2.56 bits per heavy atom. The predicted molar refractivity (Wildman–Crippen MR) is 58.9 cm³/mol. The largest absolute Gasteiger partial charge is 0.381 e. The van der Waals surface area contributed by atoms with Crippen LogP contribution in [0.4, 0.5) is 0 Å². The molecule has 0 amide bonds. The first kappa shape index (κ1) is 11.5. The average Bonchev–Trinajstić information content (AvgIpc) is 2.78. The van der Waals surface area contributed by atoms with Crippen molar-refractivity contribution >= 4 is 0 Å². The van der Waals surface area contributed by atoms with Crippen molar-refractivity contribution in [1.82, 2.24) is 10.1 Å². The van der Waals surface area contributed by atoms with Crippen molar-refractivity contribution in [3.63, 3.8) is 0 Å². The molecule has 0 aliphatic carbocycles. The summed E-state index contributed by atoms with van der Waals surface area (Å²) in [6.07, 6.45) is 1.95. The molecule has 1 aromatic heterocycles. The molecule has 1 atom stereocenters. The molecule has 2 heterocycles. The van der Waals surface area contributed by atoms with E-state index < -0.39 is 0 Å². The zero-order valence-electron chi connectivity index (χ0n) is 9.85. The van der Waals surface area contributed by atoms with Gasteiger partial charge >= 0.3 is 0 Å². The van der Waals surface area contributed by atoms with E-state index in [1.807, 2.05) is 13.8 Å². The van der Waals surface area contributed by atoms with Gasteiger partial charge < -0.3 is 15.0 Å². The van der Waals surface area contributed by atoms with Crippen molar-refractivity contribution in [1.29, 1.82) is 0 Å². The van der Waals surface area contributed by atoms with Crippen LogP contribution in [0.25, 0.3) is 0 Å². The monoisotopic (exact) mass is 225 g/mol. The van der Waals surface area contributed by atoms with Gasteiger partial charge in [-0.1, -0.05) is 19.0 Å². The molecule has 1 aliphatic rings. The molecule has 1 saturated heterocycles. The molecular weight excluding hydrogens is 206 g/mol. The maximum absolute atomic E-state index is 6.13. The van der Waals surface area contributed by atoms with E-state index in [1.54, 1.807) is 0 Å². The summed E-state index contributed by atoms with van der Waals surface area (Å²) in [6, 6.07) is -0.149. The van der Waals surface area contributed by atoms with Gasteiger partial charge in [0.1, 0.15) is 0 Å². The number of nitrogens with zero attached hydrogens (tertiary/aromatic N) is 2. The van der Waals surface area contributed by atoms with Crippen LogP contribution in [0.1, 0.15) is 50.4 Å². The van der Waals surface area contributed by atoms with Crippen LogP contribution in [0.2, 0.25) is 0 Å². The molecule has 5 heteroatoms. The maximum atomic E-state index is 6.13. The van der Waals surface area contributed by atoms with E-state index in [9.17, 15) is 0 Å². The Balaban J connectivity index is 2.04. The SMILES string of the molecule is CC(C)c1noc(C(N)C2CCOCC2)n1. The second-order valence-corrected chi connectivity index (χ2v) is 4.62. The van der Waals surface area contributed by atoms with Crippen molar-refractivity contribution in [2.45, 2.75) is 38.6 Å². The van der Waals surface area contributed by atoms with E-state index in [0.717, 1.165) is 31.9 Å². The highest BCUT2D eigenvalue weighted by molar-refractivity contribution is 4.97. The Morgan fingerprint density at radius 2 is 2.00 bits per heavy atom. The molecule has 0 spiro atoms. The van der Waals surface area contributed by atoms with E-state index in [1.165, 1.54) is 0 Å². The van der Waals surface area contributed by atoms with E-state index in [2.05, 4.69) is 10.1 Å². The Hall–Kier alpha value is -0.940. The van der Waals surface area contributed by atoms with Gasteiger partial charge in [0.05, 0.1) is 6.04 Å². The molecule has 1 unspecified atom stereocenters. The molecule has 16 heavy (non-hydrogen) atoms. The zero-order chi connectivity index (χ0) is 11.5. The lowest BCUT2D eigenvalue weighted by Gasteiger charge is -2.25. The van der Waals surface area contributed by atoms with Crippen LogP contribution < -0.4 is 5.73 Å². The van der Waals surface area contributed by atoms with Gasteiger partial charge in [0.2, 0.25) is 5.89 Å². The highest BCUT2D eigenvalue weighted by Crippen LogP contribution is 2.27. The van der Waals surface area contributed by atoms with E-state index in [-0.39, 0.29) is 12.0 Å². The molecule has 1 fully saturated rings. The number of hydrogen-bond acceptors (Lipinski definition) is 5. The van der Waals surface area contributed by atoms with Crippen LogP contribution >= 0.6 is 0 Å². The Bertz CT molecular complexity index is 332. The average molecular weight is 225 g/mol. The quantitative estimate of drug-likeness (QED) is 0.846. The lowest BCUT2D eigenvalue weighted by atomic mass is 9.92. The standard InChI is InChI=1S/C11H19N3O2/c1-7(2)10-13-11(16-14-10)9(12)8-3-5-15-6-4-8/h7-9H,3-6,12H2,1-2H3. The predicted octanol–water partition coefficient (Wildman–Crippen LogP) is 1.62. The lowest BCUT2D eigenvalue weighted by molar-refractivity contribution is 0.0546. The number of rotatable bonds is 3. The molecule has 5 nitrogen and oxygen atoms in total. The third-order valence-corrected chi connectivity index (χ3v) is 3.03. The Morgan fingerprint density at radius 1 is 1.31 bits per heavy atom. The summed E-state index contributed by atoms with van der Waals surface area (Å²) in [5.74, 6) is 1.97. The van der Waals surface area contributed by atoms with Crippen molar-refractivity contribution in [2.75, 3.05) is 13.2 Å². The van der Waals surface area contributed by atoms with Crippen LogP contribution in [-0.2, 0) is 4.74 Å². The fourth-order valence-electron chi connectivity index (χ4n) is 1.89. The van der Waals surface area contributed by atoms with E-state index >= 15 is 0 Å². The summed E-state index contributed by atoms with van der Waals surface area (Å²) < 4.78 is 10.5. The van der Waals surface area contributed by atoms with Gasteiger partial charge in [0, 0.05) is 19.1 Å². The fourth-order valence-corrected chi connectivity index (χ4v) is 1.89. The lowest BCUT2D eigenvalue weighted by Crippen LogP contribution is -2.27. The Labute approximate surface area is 95.3 Å². The third kappa shape index (κ3) is 2.41. The highest BCUT2D eigenvalue weighted by atomic mass is 16.5. The summed E-state index contributed by atoms with van der Waals surface area (Å²) in [5, 5.41) is 3.93. The molecule has 0 bridgehead atoms. The van der Waals surface area contributed by atoms with Crippen molar-refractivity contribution in [2.24, 2.45) is 11.7 Å². The Kier molecular flexibility index (Phi) is 3.56. The van der Waals surface area contributed by atoms with Gasteiger partial charge in [-0.15, -0.1) is 0 Å². The molecule has 2 N–H and O–H groups in total. The molecule has 2 rings (SSSR count). The zero-order valence-corrected chi connectivity index (χ0v) is 9.85. The molecule has 1 aromatic rings. The topological polar surface area (TPSA) is 74.2 Å². The van der Waals surface area contributed by atoms with Gasteiger partial charge in [-0.05, 0) is 18.8 Å². The molecular formula is C11H19N3O2. The third-order valence-electron chi connectivity index (χ3n) is 3.03. The van der Waals surface area contributed by atoms with Crippen molar-refractivity contribution < 1.29 is 9.26 Å². The van der Waals surface area contributed by atoms with Crippen LogP contribution in [-0.4, -0.2) is 23.4 Å². The maximum Gasteiger partial charge on any atom is 0.243 e. The minimum absolute atomic E-state index is 0.149. The first-order valence-electron chi connectivity index (χ1n) is 5.85. The van der Waals surface area contributed by atoms with Gasteiger partial charge in [-0.2, -0.15) is 4.98 Å². The van der Waals surface area contributed by atoms with Gasteiger partial charge in [-0.25, -0.2) is 0 Å². The summed E-state index contributed by atoms with van der Waals surface area (Å²) >= 11 is 0. The van der Waals surface area contributed by atoms with Gasteiger partial charge in [-0.3, -0.25) is 0 Å². The summed E-state index contributed by atoms with van der Waals surface area (Å²) in [5.41, 5.74) is 6.13. The number of hydrogen-bond donors (Lipinski definition) is 1. The summed E-state index contributed by atoms with van der Waals surface area (Å²) in [4.78, 5) is 4.34. The number of ether oxygens (including phenoxy) is 1. The second kappa shape index (κ2) is 4.93. The summed E-state index contributed by atoms with van der Waals surface area (Å²) in [6.45, 7) is 5.64. The molecule has 0 radical (unpaired) electrons. The van der Waals surface area contributed by atoms with Gasteiger partial charge in [0.15, 0.2) is 5.82 Å². The van der Waals surface area contributed by atoms with Crippen LogP contribution in [0, 0.1) is 5.92 Å². The fraction of sp³-hybridized carbons (Fsp3) is 0.818. The minimum atomic E-state index is -0.149. The molecule has 1 aliphatic heterocycles. The summed E-state index contributed by atoms with van der Waals surface area (Å²) in [7, 11) is 0. The van der Waals surface area contributed by atoms with Gasteiger partial charge in [0.25, 0.3) is 0 Å². The van der Waals surface area contributed by atoms with Crippen molar-refractivity contribution in [3.8, 4) is 0 Å². The number of aromatic nitrogens is 2. The van der Waals surface area contributed by atoms with Crippen LogP contribution in [0.3, 0.4) is 0 Å². The highest BCUT2D eigenvalue weighted by Gasteiger charge is 2.26. The van der Waals surface area contributed by atoms with Crippen LogP contribution in [0.15, 0.2) is 4.52 Å². The van der Waals surface area contributed by atoms with Crippen molar-refractivity contribution in [3.05, 3.63) is 11.7 Å². The molecule has 90 valence electrons. The minimum Gasteiger partial charge on any atom is -0.381 e. The first-order valence-corrected chi connectivity index (χ1v) is 5.85. The normalized spacial score (nSPS) is 20.2. The second-order valence-electron chi connectivity index (χ2n) is 4.62. The molecule has 0 aromatic carbocycles. The molecule has 0 saturated carbocycles.